The van der Waals surface area contributed by atoms with Crippen molar-refractivity contribution in [2.24, 2.45) is 0 Å². The van der Waals surface area contributed by atoms with Gasteiger partial charge in [0.15, 0.2) is 0 Å². The Morgan fingerprint density at radius 1 is 1.07 bits per heavy atom. The van der Waals surface area contributed by atoms with Gasteiger partial charge in [0.1, 0.15) is 0 Å². The third-order valence-electron chi connectivity index (χ3n) is 2.63. The second-order valence-electron chi connectivity index (χ2n) is 3.70. The van der Waals surface area contributed by atoms with Gasteiger partial charge in [0.25, 0.3) is 0 Å². The zero-order valence-electron chi connectivity index (χ0n) is 10.2. The number of hydrogen-bond acceptors (Lipinski definition) is 1. The molecule has 15 heavy (non-hydrogen) atoms. The number of aryl methyl sites for hydroxylation is 2. The highest BCUT2D eigenvalue weighted by Crippen LogP contribution is 2.15. The molecule has 0 aromatic heterocycles. The van der Waals surface area contributed by atoms with Crippen LogP contribution in [0.1, 0.15) is 35.6 Å². The molecule has 2 heteroatoms. The predicted molar refractivity (Wildman–Crippen MR) is 63.3 cm³/mol. The predicted octanol–water partition coefficient (Wildman–Crippen LogP) is 3.40. The summed E-state index contributed by atoms with van der Waals surface area (Å²) < 4.78 is 0. The van der Waals surface area contributed by atoms with Crippen LogP contribution in [0.25, 0.3) is 0 Å². The molecule has 1 aromatic rings. The molecule has 0 aliphatic rings. The molecule has 0 amide bonds. The van der Waals surface area contributed by atoms with Gasteiger partial charge in [-0.3, -0.25) is 4.79 Å². The number of aliphatic carboxylic acids is 1. The fraction of sp³-hybridized carbons (Fsp3) is 0.462. The average Bonchev–Trinajstić information content (AvgIpc) is 2.21. The van der Waals surface area contributed by atoms with E-state index in [1.165, 1.54) is 22.3 Å². The highest BCUT2D eigenvalue weighted by molar-refractivity contribution is 5.66. The molecule has 0 atom stereocenters. The molecule has 1 aromatic carbocycles. The van der Waals surface area contributed by atoms with E-state index >= 15 is 0 Å². The first-order chi connectivity index (χ1) is 6.90. The Morgan fingerprint density at radius 3 is 1.53 bits per heavy atom. The van der Waals surface area contributed by atoms with E-state index in [0.717, 1.165) is 0 Å². The van der Waals surface area contributed by atoms with Crippen molar-refractivity contribution < 1.29 is 9.90 Å². The molecular formula is C13H20O2. The Morgan fingerprint density at radius 2 is 1.33 bits per heavy atom. The first-order valence-electron chi connectivity index (χ1n) is 5.15. The fourth-order valence-electron chi connectivity index (χ4n) is 1.09. The number of benzene rings is 1. The molecule has 0 aliphatic heterocycles. The van der Waals surface area contributed by atoms with Crippen LogP contribution in [0.5, 0.6) is 0 Å². The van der Waals surface area contributed by atoms with E-state index in [4.69, 9.17) is 5.11 Å². The minimum atomic E-state index is -0.745. The monoisotopic (exact) mass is 208 g/mol. The smallest absolute Gasteiger partial charge is 0.303 e. The lowest BCUT2D eigenvalue weighted by Gasteiger charge is -2.06. The van der Waals surface area contributed by atoms with Crippen molar-refractivity contribution in [3.05, 3.63) is 34.4 Å². The Labute approximate surface area is 91.9 Å². The maximum atomic E-state index is 9.37. The van der Waals surface area contributed by atoms with Crippen molar-refractivity contribution in [1.29, 1.82) is 0 Å². The van der Waals surface area contributed by atoms with Crippen LogP contribution < -0.4 is 0 Å². The third-order valence-corrected chi connectivity index (χ3v) is 2.63. The Kier molecular flexibility index (Phi) is 5.68. The summed E-state index contributed by atoms with van der Waals surface area (Å²) in [6.45, 7) is 10.3. The third kappa shape index (κ3) is 4.63. The van der Waals surface area contributed by atoms with Crippen LogP contribution in [0.15, 0.2) is 12.1 Å². The molecule has 0 heterocycles. The van der Waals surface area contributed by atoms with E-state index in [2.05, 4.69) is 39.8 Å². The zero-order valence-corrected chi connectivity index (χ0v) is 10.2. The van der Waals surface area contributed by atoms with Gasteiger partial charge >= 0.3 is 5.97 Å². The number of rotatable bonds is 1. The normalized spacial score (nSPS) is 9.13. The number of carbonyl (C=O) groups is 1. The molecule has 0 fully saturated rings. The first kappa shape index (κ1) is 13.7. The summed E-state index contributed by atoms with van der Waals surface area (Å²) in [7, 11) is 0. The second-order valence-corrected chi connectivity index (χ2v) is 3.70. The molecule has 0 aliphatic carbocycles. The first-order valence-corrected chi connectivity index (χ1v) is 5.15. The molecule has 0 saturated carbocycles. The van der Waals surface area contributed by atoms with E-state index in [9.17, 15) is 4.79 Å². The van der Waals surface area contributed by atoms with Crippen molar-refractivity contribution in [2.75, 3.05) is 0 Å². The molecule has 0 spiro atoms. The summed E-state index contributed by atoms with van der Waals surface area (Å²) in [5, 5.41) is 7.72. The maximum absolute atomic E-state index is 9.37. The molecular weight excluding hydrogens is 188 g/mol. The largest absolute Gasteiger partial charge is 0.481 e. The summed E-state index contributed by atoms with van der Waals surface area (Å²) in [5.74, 6) is -0.745. The standard InChI is InChI=1S/C10H14.C3H6O2/c1-7-5-6-8(2)10(4)9(7)3;1-2-3(4)5/h5-6H,1-4H3;2H2,1H3,(H,4,5). The quantitative estimate of drug-likeness (QED) is 0.768. The van der Waals surface area contributed by atoms with Crippen molar-refractivity contribution in [1.82, 2.24) is 0 Å². The summed E-state index contributed by atoms with van der Waals surface area (Å²) in [6, 6.07) is 4.36. The van der Waals surface area contributed by atoms with E-state index in [-0.39, 0.29) is 6.42 Å². The number of carboxylic acids is 1. The van der Waals surface area contributed by atoms with Crippen molar-refractivity contribution in [3.63, 3.8) is 0 Å². The van der Waals surface area contributed by atoms with Gasteiger partial charge in [0, 0.05) is 6.42 Å². The zero-order chi connectivity index (χ0) is 12.0. The van der Waals surface area contributed by atoms with E-state index in [1.54, 1.807) is 6.92 Å². The summed E-state index contributed by atoms with van der Waals surface area (Å²) in [4.78, 5) is 9.37. The minimum absolute atomic E-state index is 0.222. The van der Waals surface area contributed by atoms with Gasteiger partial charge in [-0.15, -0.1) is 0 Å². The molecule has 1 N–H and O–H groups in total. The molecule has 84 valence electrons. The summed E-state index contributed by atoms with van der Waals surface area (Å²) in [5.41, 5.74) is 5.64. The van der Waals surface area contributed by atoms with E-state index < -0.39 is 5.97 Å². The van der Waals surface area contributed by atoms with E-state index in [1.807, 2.05) is 0 Å². The van der Waals surface area contributed by atoms with Crippen LogP contribution in [0.4, 0.5) is 0 Å². The number of carboxylic acid groups (broad SMARTS) is 1. The molecule has 0 unspecified atom stereocenters. The Hall–Kier alpha value is -1.31. The molecule has 1 rings (SSSR count). The van der Waals surface area contributed by atoms with Crippen LogP contribution in [0.2, 0.25) is 0 Å². The molecule has 0 radical (unpaired) electrons. The van der Waals surface area contributed by atoms with Crippen LogP contribution >= 0.6 is 0 Å². The number of hydrogen-bond donors (Lipinski definition) is 1. The lowest BCUT2D eigenvalue weighted by molar-refractivity contribution is -0.136. The Balaban J connectivity index is 0.000000336. The van der Waals surface area contributed by atoms with Gasteiger partial charge in [0.2, 0.25) is 0 Å². The topological polar surface area (TPSA) is 37.3 Å². The molecule has 2 nitrogen and oxygen atoms in total. The lowest BCUT2D eigenvalue weighted by Crippen LogP contribution is -1.88. The van der Waals surface area contributed by atoms with Crippen LogP contribution in [-0.2, 0) is 4.79 Å². The van der Waals surface area contributed by atoms with Gasteiger partial charge in [-0.2, -0.15) is 0 Å². The van der Waals surface area contributed by atoms with Crippen molar-refractivity contribution in [2.45, 2.75) is 41.0 Å². The molecule has 0 saturated heterocycles. The van der Waals surface area contributed by atoms with Gasteiger partial charge in [-0.25, -0.2) is 0 Å². The van der Waals surface area contributed by atoms with Gasteiger partial charge in [0.05, 0.1) is 0 Å². The Bertz CT molecular complexity index is 314. The molecule has 0 bridgehead atoms. The highest BCUT2D eigenvalue weighted by atomic mass is 16.4. The van der Waals surface area contributed by atoms with Gasteiger partial charge in [-0.1, -0.05) is 19.1 Å². The van der Waals surface area contributed by atoms with Crippen molar-refractivity contribution >= 4 is 5.97 Å². The highest BCUT2D eigenvalue weighted by Gasteiger charge is 1.97. The van der Waals surface area contributed by atoms with Gasteiger partial charge in [-0.05, 0) is 49.9 Å². The summed E-state index contributed by atoms with van der Waals surface area (Å²) in [6.07, 6.45) is 0.222. The summed E-state index contributed by atoms with van der Waals surface area (Å²) >= 11 is 0. The van der Waals surface area contributed by atoms with E-state index in [0.29, 0.717) is 0 Å². The second kappa shape index (κ2) is 6.23. The van der Waals surface area contributed by atoms with Gasteiger partial charge < -0.3 is 5.11 Å². The SMILES string of the molecule is CCC(=O)O.Cc1ccc(C)c(C)c1C. The van der Waals surface area contributed by atoms with Crippen LogP contribution in [0, 0.1) is 27.7 Å². The fourth-order valence-corrected chi connectivity index (χ4v) is 1.09. The van der Waals surface area contributed by atoms with Crippen molar-refractivity contribution in [3.8, 4) is 0 Å². The van der Waals surface area contributed by atoms with Crippen LogP contribution in [-0.4, -0.2) is 11.1 Å². The lowest BCUT2D eigenvalue weighted by atomic mass is 10.0. The van der Waals surface area contributed by atoms with Crippen LogP contribution in [0.3, 0.4) is 0 Å². The minimum Gasteiger partial charge on any atom is -0.481 e. The average molecular weight is 208 g/mol. The maximum Gasteiger partial charge on any atom is 0.303 e.